The second-order valence-corrected chi connectivity index (χ2v) is 5.94. The predicted molar refractivity (Wildman–Crippen MR) is 88.0 cm³/mol. The molecule has 0 N–H and O–H groups in total. The summed E-state index contributed by atoms with van der Waals surface area (Å²) in [6.45, 7) is 7.66. The predicted octanol–water partition coefficient (Wildman–Crippen LogP) is 5.35. The molecule has 0 bridgehead atoms. The van der Waals surface area contributed by atoms with Crippen molar-refractivity contribution in [1.82, 2.24) is 0 Å². The van der Waals surface area contributed by atoms with Crippen LogP contribution in [0.3, 0.4) is 0 Å². The lowest BCUT2D eigenvalue weighted by molar-refractivity contribution is -0.206. The van der Waals surface area contributed by atoms with E-state index < -0.39 is 0 Å². The fraction of sp³-hybridized carbons (Fsp3) is 0.579. The van der Waals surface area contributed by atoms with E-state index in [0.717, 1.165) is 24.3 Å². The van der Waals surface area contributed by atoms with E-state index in [2.05, 4.69) is 37.8 Å². The van der Waals surface area contributed by atoms with Crippen LogP contribution in [0.15, 0.2) is 30.8 Å². The van der Waals surface area contributed by atoms with Crippen LogP contribution >= 0.6 is 0 Å². The lowest BCUT2D eigenvalue weighted by Crippen LogP contribution is -2.27. The third-order valence-electron chi connectivity index (χ3n) is 4.13. The van der Waals surface area contributed by atoms with Crippen LogP contribution in [-0.2, 0) is 9.47 Å². The van der Waals surface area contributed by atoms with Crippen molar-refractivity contribution in [2.75, 3.05) is 13.2 Å². The van der Waals surface area contributed by atoms with Gasteiger partial charge in [-0.3, -0.25) is 0 Å². The summed E-state index contributed by atoms with van der Waals surface area (Å²) in [5.74, 6) is 0.565. The number of hydrogen-bond acceptors (Lipinski definition) is 2. The molecule has 1 heterocycles. The summed E-state index contributed by atoms with van der Waals surface area (Å²) < 4.78 is 11.8. The quantitative estimate of drug-likeness (QED) is 0.600. The molecule has 0 aliphatic carbocycles. The molecule has 1 aromatic rings. The minimum atomic E-state index is -0.194. The lowest BCUT2D eigenvalue weighted by Gasteiger charge is -2.29. The highest BCUT2D eigenvalue weighted by Gasteiger charge is 2.23. The second kappa shape index (κ2) is 9.01. The molecule has 2 nitrogen and oxygen atoms in total. The Bertz CT molecular complexity index is 402. The van der Waals surface area contributed by atoms with Crippen LogP contribution in [0, 0.1) is 5.92 Å². The Hall–Kier alpha value is -1.12. The minimum absolute atomic E-state index is 0.194. The molecule has 0 saturated carbocycles. The molecular formula is C19H28O2. The highest BCUT2D eigenvalue weighted by Crippen LogP contribution is 2.27. The number of ether oxygens (including phenoxy) is 2. The van der Waals surface area contributed by atoms with Crippen molar-refractivity contribution in [2.45, 2.75) is 51.7 Å². The van der Waals surface area contributed by atoms with Crippen molar-refractivity contribution in [2.24, 2.45) is 5.92 Å². The Morgan fingerprint density at radius 3 is 2.33 bits per heavy atom. The van der Waals surface area contributed by atoms with Gasteiger partial charge in [0.2, 0.25) is 0 Å². The molecule has 2 heteroatoms. The van der Waals surface area contributed by atoms with Gasteiger partial charge in [-0.05, 0) is 12.0 Å². The van der Waals surface area contributed by atoms with Crippen LogP contribution in [-0.4, -0.2) is 13.2 Å². The van der Waals surface area contributed by atoms with Crippen molar-refractivity contribution in [3.63, 3.8) is 0 Å². The van der Waals surface area contributed by atoms with Crippen molar-refractivity contribution in [3.8, 4) is 0 Å². The van der Waals surface area contributed by atoms with Gasteiger partial charge < -0.3 is 9.47 Å². The molecule has 0 unspecified atom stereocenters. The summed E-state index contributed by atoms with van der Waals surface area (Å²) in [6.07, 6.45) is 9.56. The highest BCUT2D eigenvalue weighted by atomic mass is 16.7. The van der Waals surface area contributed by atoms with Crippen molar-refractivity contribution < 1.29 is 9.47 Å². The van der Waals surface area contributed by atoms with Crippen LogP contribution in [0.1, 0.15) is 62.9 Å². The van der Waals surface area contributed by atoms with E-state index in [1.165, 1.54) is 38.5 Å². The van der Waals surface area contributed by atoms with Gasteiger partial charge in [-0.1, -0.05) is 75.9 Å². The summed E-state index contributed by atoms with van der Waals surface area (Å²) in [5.41, 5.74) is 2.22. The average Bonchev–Trinajstić information content (AvgIpc) is 2.55. The lowest BCUT2D eigenvalue weighted by atomic mass is 10.0. The molecule has 0 amide bonds. The van der Waals surface area contributed by atoms with Gasteiger partial charge in [0.15, 0.2) is 6.29 Å². The third kappa shape index (κ3) is 5.29. The van der Waals surface area contributed by atoms with Crippen LogP contribution in [0.5, 0.6) is 0 Å². The molecule has 0 aromatic heterocycles. The Morgan fingerprint density at radius 2 is 1.71 bits per heavy atom. The first kappa shape index (κ1) is 16.3. The minimum Gasteiger partial charge on any atom is -0.348 e. The maximum Gasteiger partial charge on any atom is 0.183 e. The average molecular weight is 288 g/mol. The first-order chi connectivity index (χ1) is 10.3. The molecule has 0 radical (unpaired) electrons. The van der Waals surface area contributed by atoms with Crippen LogP contribution in [0.4, 0.5) is 0 Å². The Labute approximate surface area is 129 Å². The number of hydrogen-bond donors (Lipinski definition) is 0. The van der Waals surface area contributed by atoms with E-state index in [-0.39, 0.29) is 6.29 Å². The zero-order valence-electron chi connectivity index (χ0n) is 13.2. The molecule has 0 atom stereocenters. The van der Waals surface area contributed by atoms with Crippen LogP contribution in [0.2, 0.25) is 0 Å². The maximum absolute atomic E-state index is 5.88. The second-order valence-electron chi connectivity index (χ2n) is 5.94. The molecular weight excluding hydrogens is 260 g/mol. The summed E-state index contributed by atoms with van der Waals surface area (Å²) in [6, 6.07) is 8.23. The highest BCUT2D eigenvalue weighted by molar-refractivity contribution is 5.47. The molecule has 1 aromatic carbocycles. The fourth-order valence-electron chi connectivity index (χ4n) is 2.73. The molecule has 116 valence electrons. The van der Waals surface area contributed by atoms with Gasteiger partial charge in [0.05, 0.1) is 13.2 Å². The van der Waals surface area contributed by atoms with Crippen molar-refractivity contribution >= 4 is 6.08 Å². The fourth-order valence-corrected chi connectivity index (χ4v) is 2.73. The van der Waals surface area contributed by atoms with E-state index in [1.807, 2.05) is 6.08 Å². The number of benzene rings is 1. The smallest absolute Gasteiger partial charge is 0.183 e. The van der Waals surface area contributed by atoms with E-state index in [1.54, 1.807) is 0 Å². The zero-order valence-corrected chi connectivity index (χ0v) is 13.2. The molecule has 0 spiro atoms. The summed E-state index contributed by atoms with van der Waals surface area (Å²) in [7, 11) is 0. The first-order valence-corrected chi connectivity index (χ1v) is 8.29. The Balaban J connectivity index is 1.68. The number of unbranched alkanes of at least 4 members (excludes halogenated alkanes) is 4. The van der Waals surface area contributed by atoms with E-state index >= 15 is 0 Å². The van der Waals surface area contributed by atoms with Gasteiger partial charge in [-0.25, -0.2) is 0 Å². The van der Waals surface area contributed by atoms with Crippen molar-refractivity contribution in [3.05, 3.63) is 42.0 Å². The standard InChI is InChI=1S/C19H28O2/c1-3-5-6-7-8-9-17-14-20-19(21-15-17)18-12-10-16(4-2)11-13-18/h4,10-13,17,19H,2-3,5-9,14-15H2,1H3. The Kier molecular flexibility index (Phi) is 6.98. The van der Waals surface area contributed by atoms with E-state index in [4.69, 9.17) is 9.47 Å². The zero-order chi connectivity index (χ0) is 14.9. The largest absolute Gasteiger partial charge is 0.348 e. The van der Waals surface area contributed by atoms with Gasteiger partial charge in [0.1, 0.15) is 0 Å². The third-order valence-corrected chi connectivity index (χ3v) is 4.13. The monoisotopic (exact) mass is 288 g/mol. The molecule has 1 aliphatic heterocycles. The maximum atomic E-state index is 5.88. The summed E-state index contributed by atoms with van der Waals surface area (Å²) in [5, 5.41) is 0. The van der Waals surface area contributed by atoms with Crippen LogP contribution < -0.4 is 0 Å². The molecule has 1 saturated heterocycles. The topological polar surface area (TPSA) is 18.5 Å². The van der Waals surface area contributed by atoms with E-state index in [0.29, 0.717) is 5.92 Å². The molecule has 1 aliphatic rings. The van der Waals surface area contributed by atoms with Crippen molar-refractivity contribution in [1.29, 1.82) is 0 Å². The van der Waals surface area contributed by atoms with Gasteiger partial charge in [-0.2, -0.15) is 0 Å². The summed E-state index contributed by atoms with van der Waals surface area (Å²) >= 11 is 0. The first-order valence-electron chi connectivity index (χ1n) is 8.29. The molecule has 2 rings (SSSR count). The summed E-state index contributed by atoms with van der Waals surface area (Å²) in [4.78, 5) is 0. The van der Waals surface area contributed by atoms with Gasteiger partial charge in [-0.15, -0.1) is 0 Å². The Morgan fingerprint density at radius 1 is 1.05 bits per heavy atom. The molecule has 1 fully saturated rings. The van der Waals surface area contributed by atoms with Gasteiger partial charge in [0.25, 0.3) is 0 Å². The normalized spacial score (nSPS) is 22.1. The SMILES string of the molecule is C=Cc1ccc(C2OCC(CCCCCCC)CO2)cc1. The van der Waals surface area contributed by atoms with Gasteiger partial charge >= 0.3 is 0 Å². The van der Waals surface area contributed by atoms with Crippen LogP contribution in [0.25, 0.3) is 6.08 Å². The molecule has 21 heavy (non-hydrogen) atoms. The van der Waals surface area contributed by atoms with Gasteiger partial charge in [0, 0.05) is 11.5 Å². The van der Waals surface area contributed by atoms with E-state index in [9.17, 15) is 0 Å². The number of rotatable bonds is 8.